The predicted octanol–water partition coefficient (Wildman–Crippen LogP) is 9.06. The van der Waals surface area contributed by atoms with Crippen LogP contribution in [0, 0.1) is 29.1 Å². The van der Waals surface area contributed by atoms with Crippen molar-refractivity contribution in [3.63, 3.8) is 0 Å². The highest BCUT2D eigenvalue weighted by molar-refractivity contribution is 5.85. The van der Waals surface area contributed by atoms with E-state index in [1.807, 2.05) is 0 Å². The van der Waals surface area contributed by atoms with Gasteiger partial charge in [-0.1, -0.05) is 19.2 Å². The Morgan fingerprint density at radius 1 is 0.471 bits per heavy atom. The Balaban J connectivity index is 0.932. The second-order valence-corrected chi connectivity index (χ2v) is 16.8. The molecule has 0 bridgehead atoms. The van der Waals surface area contributed by atoms with Crippen LogP contribution in [0.3, 0.4) is 0 Å². The molecule has 2 aliphatic rings. The van der Waals surface area contributed by atoms with E-state index in [-0.39, 0.29) is 48.0 Å². The lowest BCUT2D eigenvalue weighted by Gasteiger charge is -2.26. The van der Waals surface area contributed by atoms with Crippen LogP contribution in [-0.2, 0) is 49.4 Å². The Bertz CT molecular complexity index is 2150. The zero-order valence-corrected chi connectivity index (χ0v) is 38.7. The van der Waals surface area contributed by atoms with Gasteiger partial charge in [0.25, 0.3) is 0 Å². The number of esters is 6. The number of ether oxygens (including phenoxy) is 8. The van der Waals surface area contributed by atoms with Gasteiger partial charge in [-0.25, -0.2) is 9.59 Å². The molecule has 0 atom stereocenters. The average molecular weight is 938 g/mol. The minimum absolute atomic E-state index is 0.135. The molecule has 2 fully saturated rings. The third-order valence-electron chi connectivity index (χ3n) is 11.9. The first-order chi connectivity index (χ1) is 33.0. The monoisotopic (exact) mass is 937 g/mol. The Morgan fingerprint density at radius 2 is 0.868 bits per heavy atom. The van der Waals surface area contributed by atoms with Gasteiger partial charge in [-0.05, 0) is 156 Å². The van der Waals surface area contributed by atoms with Gasteiger partial charge in [0.2, 0.25) is 0 Å². The maximum absolute atomic E-state index is 13.2. The molecular weight excluding hydrogens is 875 g/mol. The lowest BCUT2D eigenvalue weighted by molar-refractivity contribution is -0.152. The number of unbranched alkanes of at least 4 members (excludes halogenated alkanes) is 4. The van der Waals surface area contributed by atoms with Gasteiger partial charge in [0, 0.05) is 30.4 Å². The van der Waals surface area contributed by atoms with Gasteiger partial charge in [0.15, 0.2) is 0 Å². The smallest absolute Gasteiger partial charge is 0.330 e. The number of carbonyl (C=O) groups excluding carboxylic acids is 6. The summed E-state index contributed by atoms with van der Waals surface area (Å²) < 4.78 is 44.0. The van der Waals surface area contributed by atoms with Crippen LogP contribution in [0.15, 0.2) is 92.0 Å². The molecule has 0 radical (unpaired) electrons. The fourth-order valence-electron chi connectivity index (χ4n) is 7.88. The van der Waals surface area contributed by atoms with Gasteiger partial charge >= 0.3 is 35.8 Å². The SMILES string of the molecule is C=CC(=O)OCCCCCOc1ccc(OC(=O)C2CCC(C(=O)OCCc3ccc(OC(=O)C4CCC(C(=O)Oc5ccc(OCCCCCOC(=O)C=C)cc5)CC4)c(C=N)c3)CC2)cc1. The van der Waals surface area contributed by atoms with Gasteiger partial charge in [-0.3, -0.25) is 19.2 Å². The Hall–Kier alpha value is -6.77. The molecule has 2 aliphatic carbocycles. The lowest BCUT2D eigenvalue weighted by atomic mass is 9.82. The molecule has 15 nitrogen and oxygen atoms in total. The third kappa shape index (κ3) is 17.8. The van der Waals surface area contributed by atoms with Crippen molar-refractivity contribution in [2.45, 2.75) is 96.3 Å². The molecule has 0 aliphatic heterocycles. The van der Waals surface area contributed by atoms with Crippen LogP contribution in [0.5, 0.6) is 28.7 Å². The molecule has 1 N–H and O–H groups in total. The molecule has 15 heteroatoms. The van der Waals surface area contributed by atoms with Crippen LogP contribution in [-0.4, -0.2) is 75.1 Å². The van der Waals surface area contributed by atoms with E-state index >= 15 is 0 Å². The van der Waals surface area contributed by atoms with Gasteiger partial charge in [-0.2, -0.15) is 0 Å². The zero-order valence-electron chi connectivity index (χ0n) is 38.7. The van der Waals surface area contributed by atoms with E-state index in [2.05, 4.69) is 13.2 Å². The molecule has 364 valence electrons. The van der Waals surface area contributed by atoms with Crippen LogP contribution >= 0.6 is 0 Å². The van der Waals surface area contributed by atoms with E-state index in [1.54, 1.807) is 66.7 Å². The first-order valence-electron chi connectivity index (χ1n) is 23.5. The Labute approximate surface area is 397 Å². The summed E-state index contributed by atoms with van der Waals surface area (Å²) in [7, 11) is 0. The average Bonchev–Trinajstić information content (AvgIpc) is 3.36. The maximum Gasteiger partial charge on any atom is 0.330 e. The molecule has 0 heterocycles. The van der Waals surface area contributed by atoms with Crippen molar-refractivity contribution in [2.75, 3.05) is 33.0 Å². The van der Waals surface area contributed by atoms with Crippen molar-refractivity contribution in [1.29, 1.82) is 5.41 Å². The Kier molecular flexibility index (Phi) is 21.8. The highest BCUT2D eigenvalue weighted by Crippen LogP contribution is 2.34. The van der Waals surface area contributed by atoms with Crippen LogP contribution in [0.1, 0.15) is 101 Å². The van der Waals surface area contributed by atoms with E-state index in [4.69, 9.17) is 43.3 Å². The van der Waals surface area contributed by atoms with Gasteiger partial charge in [0.05, 0.1) is 56.7 Å². The molecule has 3 aromatic carbocycles. The summed E-state index contributed by atoms with van der Waals surface area (Å²) in [6, 6.07) is 18.9. The van der Waals surface area contributed by atoms with E-state index in [0.29, 0.717) is 113 Å². The highest BCUT2D eigenvalue weighted by atomic mass is 16.6. The molecule has 0 unspecified atom stereocenters. The molecule has 0 aromatic heterocycles. The van der Waals surface area contributed by atoms with Gasteiger partial charge in [0.1, 0.15) is 28.7 Å². The number of benzene rings is 3. The van der Waals surface area contributed by atoms with Crippen LogP contribution in [0.2, 0.25) is 0 Å². The second kappa shape index (κ2) is 28.4. The maximum atomic E-state index is 13.2. The van der Waals surface area contributed by atoms with Crippen LogP contribution in [0.25, 0.3) is 0 Å². The minimum atomic E-state index is -0.428. The topological polar surface area (TPSA) is 200 Å². The summed E-state index contributed by atoms with van der Waals surface area (Å²) in [5, 5.41) is 7.95. The summed E-state index contributed by atoms with van der Waals surface area (Å²) in [5.41, 5.74) is 1.23. The molecule has 0 amide bonds. The number of nitrogens with one attached hydrogen (secondary N) is 1. The van der Waals surface area contributed by atoms with Crippen molar-refractivity contribution in [1.82, 2.24) is 0 Å². The standard InChI is InChI=1S/C53H63NO14/c1-3-48(55)63-32-9-5-7-30-61-43-20-24-45(25-21-43)66-51(58)39-14-12-38(13-15-39)50(57)65-34-29-37-11-28-47(42(35-37)36-54)68-53(60)41-18-16-40(17-19-41)52(59)67-46-26-22-44(23-27-46)62-31-8-6-10-33-64-49(56)4-2/h3-4,11,20-28,35-36,38-41,54H,1-2,5-10,12-19,29-34H2. The minimum Gasteiger partial charge on any atom is -0.494 e. The van der Waals surface area contributed by atoms with Crippen molar-refractivity contribution in [3.05, 3.63) is 103 Å². The third-order valence-corrected chi connectivity index (χ3v) is 11.9. The predicted molar refractivity (Wildman–Crippen MR) is 251 cm³/mol. The molecule has 2 saturated carbocycles. The molecule has 3 aromatic rings. The number of hydrogen-bond acceptors (Lipinski definition) is 15. The normalized spacial score (nSPS) is 17.6. The fourth-order valence-corrected chi connectivity index (χ4v) is 7.88. The summed E-state index contributed by atoms with van der Waals surface area (Å²) >= 11 is 0. The van der Waals surface area contributed by atoms with Gasteiger partial charge in [-0.15, -0.1) is 0 Å². The Morgan fingerprint density at radius 3 is 1.29 bits per heavy atom. The van der Waals surface area contributed by atoms with Gasteiger partial charge < -0.3 is 43.3 Å². The van der Waals surface area contributed by atoms with E-state index in [0.717, 1.165) is 62.5 Å². The molecule has 68 heavy (non-hydrogen) atoms. The lowest BCUT2D eigenvalue weighted by Crippen LogP contribution is -2.30. The summed E-state index contributed by atoms with van der Waals surface area (Å²) in [5.74, 6) is -1.23. The molecular formula is C53H63NO14. The number of hydrogen-bond donors (Lipinski definition) is 1. The van der Waals surface area contributed by atoms with E-state index in [9.17, 15) is 28.8 Å². The molecule has 5 rings (SSSR count). The summed E-state index contributed by atoms with van der Waals surface area (Å²) in [6.07, 6.45) is 12.5. The van der Waals surface area contributed by atoms with E-state index < -0.39 is 23.8 Å². The first-order valence-corrected chi connectivity index (χ1v) is 23.5. The summed E-state index contributed by atoms with van der Waals surface area (Å²) in [4.78, 5) is 74.1. The first kappa shape index (κ1) is 52.2. The quantitative estimate of drug-likeness (QED) is 0.0189. The van der Waals surface area contributed by atoms with Crippen LogP contribution < -0.4 is 23.7 Å². The summed E-state index contributed by atoms with van der Waals surface area (Å²) in [6.45, 7) is 8.57. The highest BCUT2D eigenvalue weighted by Gasteiger charge is 2.33. The molecule has 0 spiro atoms. The number of carbonyl (C=O) groups is 6. The fraction of sp³-hybridized carbons (Fsp3) is 0.453. The zero-order chi connectivity index (χ0) is 48.5. The van der Waals surface area contributed by atoms with Crippen molar-refractivity contribution in [2.24, 2.45) is 23.7 Å². The van der Waals surface area contributed by atoms with Crippen LogP contribution in [0.4, 0.5) is 0 Å². The van der Waals surface area contributed by atoms with Crippen molar-refractivity contribution < 1.29 is 66.7 Å². The van der Waals surface area contributed by atoms with Crippen molar-refractivity contribution >= 4 is 42.0 Å². The van der Waals surface area contributed by atoms with E-state index in [1.165, 1.54) is 0 Å². The molecule has 0 saturated heterocycles. The second-order valence-electron chi connectivity index (χ2n) is 16.8. The van der Waals surface area contributed by atoms with Crippen molar-refractivity contribution in [3.8, 4) is 28.7 Å². The number of rotatable bonds is 27. The largest absolute Gasteiger partial charge is 0.494 e.